The van der Waals surface area contributed by atoms with Crippen molar-refractivity contribution in [1.82, 2.24) is 0 Å². The van der Waals surface area contributed by atoms with E-state index in [2.05, 4.69) is 25.1 Å². The van der Waals surface area contributed by atoms with Gasteiger partial charge < -0.3 is 5.73 Å². The van der Waals surface area contributed by atoms with Crippen molar-refractivity contribution < 1.29 is 0 Å². The van der Waals surface area contributed by atoms with Crippen molar-refractivity contribution in [2.45, 2.75) is 38.6 Å². The van der Waals surface area contributed by atoms with Crippen LogP contribution in [0, 0.1) is 12.3 Å². The van der Waals surface area contributed by atoms with Crippen molar-refractivity contribution in [3.8, 4) is 0 Å². The van der Waals surface area contributed by atoms with Crippen molar-refractivity contribution in [2.24, 2.45) is 11.1 Å². The molecule has 0 aromatic heterocycles. The minimum Gasteiger partial charge on any atom is -0.327 e. The van der Waals surface area contributed by atoms with E-state index in [9.17, 15) is 0 Å². The van der Waals surface area contributed by atoms with Gasteiger partial charge in [-0.05, 0) is 49.1 Å². The molecule has 1 aromatic rings. The van der Waals surface area contributed by atoms with E-state index < -0.39 is 0 Å². The second-order valence-electron chi connectivity index (χ2n) is 5.12. The van der Waals surface area contributed by atoms with Crippen LogP contribution in [0.25, 0.3) is 0 Å². The van der Waals surface area contributed by atoms with Gasteiger partial charge in [-0.15, -0.1) is 0 Å². The van der Waals surface area contributed by atoms with E-state index in [0.717, 1.165) is 0 Å². The molecule has 0 aliphatic heterocycles. The van der Waals surface area contributed by atoms with Gasteiger partial charge in [0.1, 0.15) is 0 Å². The Kier molecular flexibility index (Phi) is 1.58. The number of aryl methyl sites for hydroxylation is 2. The lowest BCUT2D eigenvalue weighted by molar-refractivity contribution is 0.421. The number of nitrogens with two attached hydrogens (primary N) is 1. The van der Waals surface area contributed by atoms with Crippen LogP contribution >= 0.6 is 0 Å². The van der Waals surface area contributed by atoms with E-state index >= 15 is 0 Å². The molecule has 1 spiro atoms. The van der Waals surface area contributed by atoms with Crippen molar-refractivity contribution in [3.05, 3.63) is 34.9 Å². The first-order chi connectivity index (χ1) is 6.70. The number of fused-ring (bicyclic) bond motifs is 1. The topological polar surface area (TPSA) is 26.0 Å². The molecule has 74 valence electrons. The molecule has 2 aliphatic carbocycles. The molecule has 0 saturated heterocycles. The number of hydrogen-bond donors (Lipinski definition) is 1. The van der Waals surface area contributed by atoms with Crippen molar-refractivity contribution in [3.63, 3.8) is 0 Å². The molecule has 1 fully saturated rings. The lowest BCUT2D eigenvalue weighted by Crippen LogP contribution is -2.22. The first-order valence-electron chi connectivity index (χ1n) is 5.54. The molecule has 2 aliphatic rings. The Bertz CT molecular complexity index is 383. The Morgan fingerprint density at radius 2 is 2.14 bits per heavy atom. The van der Waals surface area contributed by atoms with Gasteiger partial charge in [0, 0.05) is 6.04 Å². The average molecular weight is 187 g/mol. The molecule has 1 aromatic carbocycles. The highest BCUT2D eigenvalue weighted by molar-refractivity contribution is 5.36. The maximum atomic E-state index is 6.02. The van der Waals surface area contributed by atoms with Gasteiger partial charge in [-0.3, -0.25) is 0 Å². The van der Waals surface area contributed by atoms with Crippen molar-refractivity contribution in [1.29, 1.82) is 0 Å². The van der Waals surface area contributed by atoms with Gasteiger partial charge in [-0.25, -0.2) is 0 Å². The first kappa shape index (κ1) is 8.49. The van der Waals surface area contributed by atoms with E-state index in [1.807, 2.05) is 0 Å². The van der Waals surface area contributed by atoms with E-state index in [0.29, 0.717) is 11.5 Å². The number of benzene rings is 1. The third-order valence-corrected chi connectivity index (χ3v) is 4.05. The zero-order valence-electron chi connectivity index (χ0n) is 8.72. The van der Waals surface area contributed by atoms with Gasteiger partial charge in [-0.1, -0.05) is 23.8 Å². The molecule has 0 bridgehead atoms. The molecule has 0 radical (unpaired) electrons. The van der Waals surface area contributed by atoms with Crippen LogP contribution in [-0.4, -0.2) is 6.04 Å². The highest BCUT2D eigenvalue weighted by atomic mass is 14.8. The zero-order valence-corrected chi connectivity index (χ0v) is 8.72. The molecular weight excluding hydrogens is 170 g/mol. The summed E-state index contributed by atoms with van der Waals surface area (Å²) in [6.07, 6.45) is 5.03. The monoisotopic (exact) mass is 187 g/mol. The molecular formula is C13H17N. The van der Waals surface area contributed by atoms with Crippen LogP contribution in [0.3, 0.4) is 0 Å². The van der Waals surface area contributed by atoms with Gasteiger partial charge in [0.05, 0.1) is 0 Å². The average Bonchev–Trinajstić information content (AvgIpc) is 2.77. The third kappa shape index (κ3) is 1.12. The molecule has 2 atom stereocenters. The van der Waals surface area contributed by atoms with Crippen LogP contribution in [0.4, 0.5) is 0 Å². The molecule has 2 N–H and O–H groups in total. The van der Waals surface area contributed by atoms with Crippen LogP contribution in [0.1, 0.15) is 29.5 Å². The van der Waals surface area contributed by atoms with Crippen molar-refractivity contribution in [2.75, 3.05) is 0 Å². The van der Waals surface area contributed by atoms with Crippen LogP contribution in [-0.2, 0) is 12.8 Å². The highest BCUT2D eigenvalue weighted by Crippen LogP contribution is 2.53. The van der Waals surface area contributed by atoms with Gasteiger partial charge in [0.2, 0.25) is 0 Å². The van der Waals surface area contributed by atoms with E-state index in [-0.39, 0.29) is 0 Å². The predicted molar refractivity (Wildman–Crippen MR) is 58.2 cm³/mol. The van der Waals surface area contributed by atoms with E-state index in [1.165, 1.54) is 31.2 Å². The van der Waals surface area contributed by atoms with Gasteiger partial charge in [0.25, 0.3) is 0 Å². The molecule has 1 heteroatoms. The normalized spacial score (nSPS) is 34.3. The van der Waals surface area contributed by atoms with E-state index in [4.69, 9.17) is 5.73 Å². The SMILES string of the molecule is Cc1ccc2c(c1)CCC1(C2)CC1N. The van der Waals surface area contributed by atoms with Gasteiger partial charge >= 0.3 is 0 Å². The van der Waals surface area contributed by atoms with Crippen LogP contribution in [0.5, 0.6) is 0 Å². The Morgan fingerprint density at radius 1 is 1.36 bits per heavy atom. The summed E-state index contributed by atoms with van der Waals surface area (Å²) in [5.41, 5.74) is 11.0. The standard InChI is InChI=1S/C13H17N/c1-9-2-3-11-7-13(8-12(13)14)5-4-10(11)6-9/h2-3,6,12H,4-5,7-8,14H2,1H3. The maximum absolute atomic E-state index is 6.02. The third-order valence-electron chi connectivity index (χ3n) is 4.05. The molecule has 3 rings (SSSR count). The van der Waals surface area contributed by atoms with E-state index in [1.54, 1.807) is 11.1 Å². The summed E-state index contributed by atoms with van der Waals surface area (Å²) in [6.45, 7) is 2.17. The number of rotatable bonds is 0. The summed E-state index contributed by atoms with van der Waals surface area (Å²) in [5.74, 6) is 0. The van der Waals surface area contributed by atoms with Gasteiger partial charge in [-0.2, -0.15) is 0 Å². The van der Waals surface area contributed by atoms with Crippen LogP contribution in [0.15, 0.2) is 18.2 Å². The quantitative estimate of drug-likeness (QED) is 0.662. The lowest BCUT2D eigenvalue weighted by Gasteiger charge is -2.25. The Balaban J connectivity index is 1.96. The van der Waals surface area contributed by atoms with Crippen molar-refractivity contribution >= 4 is 0 Å². The molecule has 1 nitrogen and oxygen atoms in total. The Labute approximate surface area is 85.3 Å². The fourth-order valence-corrected chi connectivity index (χ4v) is 2.88. The summed E-state index contributed by atoms with van der Waals surface area (Å²) in [5, 5.41) is 0. The summed E-state index contributed by atoms with van der Waals surface area (Å²) in [6, 6.07) is 7.36. The molecule has 14 heavy (non-hydrogen) atoms. The lowest BCUT2D eigenvalue weighted by atomic mass is 9.80. The molecule has 2 unspecified atom stereocenters. The Hall–Kier alpha value is -0.820. The Morgan fingerprint density at radius 3 is 2.86 bits per heavy atom. The summed E-state index contributed by atoms with van der Waals surface area (Å²) in [4.78, 5) is 0. The first-order valence-corrected chi connectivity index (χ1v) is 5.54. The summed E-state index contributed by atoms with van der Waals surface area (Å²) < 4.78 is 0. The minimum absolute atomic E-state index is 0.483. The molecule has 1 saturated carbocycles. The number of hydrogen-bond acceptors (Lipinski definition) is 1. The minimum atomic E-state index is 0.483. The fourth-order valence-electron chi connectivity index (χ4n) is 2.88. The predicted octanol–water partition coefficient (Wildman–Crippen LogP) is 2.20. The molecule has 0 amide bonds. The summed E-state index contributed by atoms with van der Waals surface area (Å²) in [7, 11) is 0. The smallest absolute Gasteiger partial charge is 0.0105 e. The molecule has 0 heterocycles. The van der Waals surface area contributed by atoms with Gasteiger partial charge in [0.15, 0.2) is 0 Å². The second-order valence-corrected chi connectivity index (χ2v) is 5.12. The van der Waals surface area contributed by atoms with Crippen LogP contribution in [0.2, 0.25) is 0 Å². The largest absolute Gasteiger partial charge is 0.327 e. The summed E-state index contributed by atoms with van der Waals surface area (Å²) >= 11 is 0. The zero-order chi connectivity index (χ0) is 9.76. The van der Waals surface area contributed by atoms with Crippen LogP contribution < -0.4 is 5.73 Å². The highest BCUT2D eigenvalue weighted by Gasteiger charge is 2.52. The maximum Gasteiger partial charge on any atom is 0.0105 e. The second kappa shape index (κ2) is 2.60. The fraction of sp³-hybridized carbons (Fsp3) is 0.538.